The van der Waals surface area contributed by atoms with E-state index in [9.17, 15) is 5.11 Å². The van der Waals surface area contributed by atoms with Crippen LogP contribution in [-0.2, 0) is 12.8 Å². The normalized spacial score (nSPS) is 12.8. The Labute approximate surface area is 211 Å². The van der Waals surface area contributed by atoms with Gasteiger partial charge in [0.05, 0.1) is 11.6 Å². The summed E-state index contributed by atoms with van der Waals surface area (Å²) in [5.74, 6) is 0. The van der Waals surface area contributed by atoms with E-state index in [1.807, 2.05) is 18.2 Å². The van der Waals surface area contributed by atoms with Crippen LogP contribution in [0.25, 0.3) is 32.3 Å². The Balaban J connectivity index is 1.44. The van der Waals surface area contributed by atoms with Crippen LogP contribution in [0.5, 0.6) is 0 Å². The molecule has 6 aromatic rings. The highest BCUT2D eigenvalue weighted by molar-refractivity contribution is 5.86. The number of hydrogen-bond acceptors (Lipinski definition) is 2. The summed E-state index contributed by atoms with van der Waals surface area (Å²) in [6.45, 7) is 0. The largest absolute Gasteiger partial charge is 0.387 e. The van der Waals surface area contributed by atoms with Gasteiger partial charge in [0.1, 0.15) is 0 Å². The van der Waals surface area contributed by atoms with Crippen molar-refractivity contribution in [2.24, 2.45) is 5.73 Å². The third-order valence-corrected chi connectivity index (χ3v) is 7.39. The third-order valence-electron chi connectivity index (χ3n) is 7.39. The number of benzene rings is 6. The van der Waals surface area contributed by atoms with Crippen molar-refractivity contribution in [1.82, 2.24) is 0 Å². The van der Waals surface area contributed by atoms with Crippen LogP contribution in [0.2, 0.25) is 0 Å². The van der Waals surface area contributed by atoms with E-state index >= 15 is 0 Å². The zero-order chi connectivity index (χ0) is 24.5. The molecule has 0 aromatic heterocycles. The van der Waals surface area contributed by atoms with Crippen molar-refractivity contribution in [2.75, 3.05) is 0 Å². The van der Waals surface area contributed by atoms with Gasteiger partial charge in [-0.1, -0.05) is 127 Å². The van der Waals surface area contributed by atoms with Crippen LogP contribution < -0.4 is 5.73 Å². The first kappa shape index (κ1) is 22.5. The molecular weight excluding hydrogens is 438 g/mol. The molecule has 36 heavy (non-hydrogen) atoms. The van der Waals surface area contributed by atoms with Crippen LogP contribution >= 0.6 is 0 Å². The molecular formula is C34H29NO. The Bertz CT molecular complexity index is 1600. The van der Waals surface area contributed by atoms with Gasteiger partial charge in [-0.15, -0.1) is 0 Å². The van der Waals surface area contributed by atoms with Gasteiger partial charge >= 0.3 is 0 Å². The number of hydrogen-bond donors (Lipinski definition) is 2. The zero-order valence-electron chi connectivity index (χ0n) is 20.1. The van der Waals surface area contributed by atoms with E-state index < -0.39 is 11.6 Å². The number of rotatable bonds is 6. The van der Waals surface area contributed by atoms with Gasteiger partial charge in [-0.3, -0.25) is 0 Å². The van der Waals surface area contributed by atoms with E-state index in [0.29, 0.717) is 12.8 Å². The Kier molecular flexibility index (Phi) is 5.77. The van der Waals surface area contributed by atoms with Gasteiger partial charge in [0, 0.05) is 12.8 Å². The molecule has 0 amide bonds. The van der Waals surface area contributed by atoms with Crippen molar-refractivity contribution in [3.63, 3.8) is 0 Å². The first-order chi connectivity index (χ1) is 17.6. The van der Waals surface area contributed by atoms with Gasteiger partial charge in [0.15, 0.2) is 0 Å². The maximum atomic E-state index is 12.4. The van der Waals surface area contributed by atoms with E-state index in [1.54, 1.807) is 0 Å². The van der Waals surface area contributed by atoms with Gasteiger partial charge in [-0.2, -0.15) is 0 Å². The van der Waals surface area contributed by atoms with Crippen LogP contribution in [0.1, 0.15) is 22.7 Å². The van der Waals surface area contributed by atoms with Gasteiger partial charge in [-0.25, -0.2) is 0 Å². The van der Waals surface area contributed by atoms with E-state index in [2.05, 4.69) is 109 Å². The minimum absolute atomic E-state index is 0.453. The molecule has 6 rings (SSSR count). The van der Waals surface area contributed by atoms with Gasteiger partial charge in [0.25, 0.3) is 0 Å². The maximum Gasteiger partial charge on any atom is 0.0919 e. The average Bonchev–Trinajstić information content (AvgIpc) is 2.92. The molecule has 2 heteroatoms. The summed E-state index contributed by atoms with van der Waals surface area (Å²) in [6, 6.07) is 43.4. The summed E-state index contributed by atoms with van der Waals surface area (Å²) in [5.41, 5.74) is 8.95. The minimum Gasteiger partial charge on any atom is -0.387 e. The molecule has 0 bridgehead atoms. The fraction of sp³-hybridized carbons (Fsp3) is 0.118. The summed E-state index contributed by atoms with van der Waals surface area (Å²) < 4.78 is 0. The fourth-order valence-corrected chi connectivity index (χ4v) is 5.50. The van der Waals surface area contributed by atoms with Gasteiger partial charge < -0.3 is 10.8 Å². The predicted octanol–water partition coefficient (Wildman–Crippen LogP) is 7.36. The molecule has 0 aliphatic carbocycles. The predicted molar refractivity (Wildman–Crippen MR) is 151 cm³/mol. The molecule has 2 nitrogen and oxygen atoms in total. The monoisotopic (exact) mass is 467 g/mol. The molecule has 0 heterocycles. The number of fused-ring (bicyclic) bond motifs is 3. The molecule has 1 unspecified atom stereocenters. The number of aliphatic hydroxyl groups is 1. The van der Waals surface area contributed by atoms with Crippen LogP contribution in [0.3, 0.4) is 0 Å². The van der Waals surface area contributed by atoms with Crippen molar-refractivity contribution >= 4 is 32.3 Å². The highest BCUT2D eigenvalue weighted by atomic mass is 16.3. The summed E-state index contributed by atoms with van der Waals surface area (Å²) in [5, 5.41) is 19.4. The molecule has 0 saturated heterocycles. The summed E-state index contributed by atoms with van der Waals surface area (Å²) in [6.07, 6.45) is 0.907. The van der Waals surface area contributed by atoms with Gasteiger partial charge in [0.2, 0.25) is 0 Å². The third kappa shape index (κ3) is 4.26. The summed E-state index contributed by atoms with van der Waals surface area (Å²) in [4.78, 5) is 0. The van der Waals surface area contributed by atoms with E-state index in [1.165, 1.54) is 21.5 Å². The molecule has 176 valence electrons. The van der Waals surface area contributed by atoms with Gasteiger partial charge in [-0.05, 0) is 49.0 Å². The molecule has 0 spiro atoms. The van der Waals surface area contributed by atoms with Crippen LogP contribution in [-0.4, -0.2) is 10.7 Å². The molecule has 0 aliphatic rings. The highest BCUT2D eigenvalue weighted by Crippen LogP contribution is 2.35. The summed E-state index contributed by atoms with van der Waals surface area (Å²) in [7, 11) is 0. The topological polar surface area (TPSA) is 46.2 Å². The van der Waals surface area contributed by atoms with Crippen LogP contribution in [0.15, 0.2) is 127 Å². The second kappa shape index (κ2) is 9.23. The fourth-order valence-electron chi connectivity index (χ4n) is 5.50. The van der Waals surface area contributed by atoms with Crippen molar-refractivity contribution in [3.8, 4) is 0 Å². The van der Waals surface area contributed by atoms with E-state index in [4.69, 9.17) is 5.73 Å². The maximum absolute atomic E-state index is 12.4. The number of nitrogens with two attached hydrogens (primary N) is 1. The first-order valence-electron chi connectivity index (χ1n) is 12.5. The Morgan fingerprint density at radius 3 is 1.58 bits per heavy atom. The standard InChI is InChI=1S/C34H29NO/c35-33(32-15-7-13-28-10-5-6-14-31(28)32)34(36,22-24-16-18-26-8-1-3-11-29(26)20-24)23-25-17-19-27-9-2-4-12-30(27)21-25/h1-21,33,36H,22-23,35H2. The quantitative estimate of drug-likeness (QED) is 0.269. The Morgan fingerprint density at radius 2 is 1.00 bits per heavy atom. The first-order valence-corrected chi connectivity index (χ1v) is 12.5. The second-order valence-electron chi connectivity index (χ2n) is 9.87. The zero-order valence-corrected chi connectivity index (χ0v) is 20.1. The molecule has 0 saturated carbocycles. The van der Waals surface area contributed by atoms with Crippen LogP contribution in [0, 0.1) is 0 Å². The lowest BCUT2D eigenvalue weighted by Gasteiger charge is -2.35. The smallest absolute Gasteiger partial charge is 0.0919 e. The average molecular weight is 468 g/mol. The van der Waals surface area contributed by atoms with Crippen molar-refractivity contribution in [2.45, 2.75) is 24.5 Å². The molecule has 0 radical (unpaired) electrons. The SMILES string of the molecule is NC(c1cccc2ccccc12)C(O)(Cc1ccc2ccccc2c1)Cc1ccc2ccccc2c1. The van der Waals surface area contributed by atoms with E-state index in [0.717, 1.165) is 27.5 Å². The Hall–Kier alpha value is -3.98. The van der Waals surface area contributed by atoms with Crippen molar-refractivity contribution < 1.29 is 5.11 Å². The Morgan fingerprint density at radius 1 is 0.528 bits per heavy atom. The van der Waals surface area contributed by atoms with Crippen molar-refractivity contribution in [1.29, 1.82) is 0 Å². The van der Waals surface area contributed by atoms with Crippen molar-refractivity contribution in [3.05, 3.63) is 144 Å². The minimum atomic E-state index is -1.19. The molecule has 0 fully saturated rings. The lowest BCUT2D eigenvalue weighted by Crippen LogP contribution is -2.45. The molecule has 6 aromatic carbocycles. The molecule has 1 atom stereocenters. The summed E-state index contributed by atoms with van der Waals surface area (Å²) >= 11 is 0. The van der Waals surface area contributed by atoms with E-state index in [-0.39, 0.29) is 0 Å². The second-order valence-corrected chi connectivity index (χ2v) is 9.87. The molecule has 0 aliphatic heterocycles. The lowest BCUT2D eigenvalue weighted by atomic mass is 9.78. The highest BCUT2D eigenvalue weighted by Gasteiger charge is 2.36. The lowest BCUT2D eigenvalue weighted by molar-refractivity contribution is 0.0141. The van der Waals surface area contributed by atoms with Crippen LogP contribution in [0.4, 0.5) is 0 Å². The molecule has 3 N–H and O–H groups in total.